The fourth-order valence-electron chi connectivity index (χ4n) is 2.30. The van der Waals surface area contributed by atoms with Crippen LogP contribution < -0.4 is 10.1 Å². The van der Waals surface area contributed by atoms with Gasteiger partial charge in [0.25, 0.3) is 5.19 Å². The standard InChI is InChI=1S/C14H17N3OS/c1-2-15-9-13-16-17-14(19-13)18-12-7-6-10-4-3-5-11(10)8-12/h6-8,15H,2-5,9H2,1H3. The lowest BCUT2D eigenvalue weighted by Crippen LogP contribution is -2.11. The minimum Gasteiger partial charge on any atom is -0.430 e. The van der Waals surface area contributed by atoms with E-state index in [0.29, 0.717) is 5.19 Å². The van der Waals surface area contributed by atoms with Gasteiger partial charge in [-0.05, 0) is 49.1 Å². The minimum absolute atomic E-state index is 0.617. The summed E-state index contributed by atoms with van der Waals surface area (Å²) in [5.41, 5.74) is 2.87. The van der Waals surface area contributed by atoms with E-state index in [-0.39, 0.29) is 0 Å². The fraction of sp³-hybridized carbons (Fsp3) is 0.429. The first-order valence-corrected chi connectivity index (χ1v) is 7.49. The molecule has 1 aliphatic rings. The van der Waals surface area contributed by atoms with Crippen LogP contribution in [0, 0.1) is 0 Å². The van der Waals surface area contributed by atoms with Crippen LogP contribution in [0.3, 0.4) is 0 Å². The fourth-order valence-corrected chi connectivity index (χ4v) is 2.97. The van der Waals surface area contributed by atoms with E-state index in [9.17, 15) is 0 Å². The molecule has 1 aromatic heterocycles. The largest absolute Gasteiger partial charge is 0.430 e. The summed E-state index contributed by atoms with van der Waals surface area (Å²) in [6.07, 6.45) is 3.61. The number of aromatic nitrogens is 2. The molecule has 2 aromatic rings. The molecule has 0 saturated carbocycles. The zero-order valence-electron chi connectivity index (χ0n) is 11.0. The Hall–Kier alpha value is -1.46. The smallest absolute Gasteiger partial charge is 0.299 e. The van der Waals surface area contributed by atoms with Crippen molar-refractivity contribution in [1.29, 1.82) is 0 Å². The molecule has 0 fully saturated rings. The molecule has 1 aromatic carbocycles. The minimum atomic E-state index is 0.617. The lowest BCUT2D eigenvalue weighted by Gasteiger charge is -2.04. The average molecular weight is 275 g/mol. The van der Waals surface area contributed by atoms with Gasteiger partial charge < -0.3 is 10.1 Å². The highest BCUT2D eigenvalue weighted by Gasteiger charge is 2.12. The Kier molecular flexibility index (Phi) is 3.75. The van der Waals surface area contributed by atoms with Crippen LogP contribution in [0.1, 0.15) is 29.5 Å². The van der Waals surface area contributed by atoms with Crippen LogP contribution in [-0.2, 0) is 19.4 Å². The maximum atomic E-state index is 5.78. The molecule has 3 rings (SSSR count). The first kappa shape index (κ1) is 12.6. The summed E-state index contributed by atoms with van der Waals surface area (Å²) < 4.78 is 5.78. The Morgan fingerprint density at radius 3 is 3.05 bits per heavy atom. The van der Waals surface area contributed by atoms with Crippen LogP contribution >= 0.6 is 11.3 Å². The number of rotatable bonds is 5. The van der Waals surface area contributed by atoms with Gasteiger partial charge in [-0.3, -0.25) is 0 Å². The van der Waals surface area contributed by atoms with E-state index in [1.807, 2.05) is 6.07 Å². The van der Waals surface area contributed by atoms with Crippen molar-refractivity contribution < 1.29 is 4.74 Å². The van der Waals surface area contributed by atoms with Crippen molar-refractivity contribution in [3.8, 4) is 10.9 Å². The summed E-state index contributed by atoms with van der Waals surface area (Å²) in [5.74, 6) is 0.867. The number of fused-ring (bicyclic) bond motifs is 1. The molecule has 0 aliphatic heterocycles. The second kappa shape index (κ2) is 5.67. The van der Waals surface area contributed by atoms with Gasteiger partial charge in [0.05, 0.1) is 0 Å². The monoisotopic (exact) mass is 275 g/mol. The summed E-state index contributed by atoms with van der Waals surface area (Å²) in [5, 5.41) is 13.0. The van der Waals surface area contributed by atoms with Gasteiger partial charge in [0.15, 0.2) is 0 Å². The number of ether oxygens (including phenoxy) is 1. The van der Waals surface area contributed by atoms with Gasteiger partial charge in [-0.1, -0.05) is 29.4 Å². The predicted octanol–water partition coefficient (Wildman–Crippen LogP) is 2.93. The molecule has 1 N–H and O–H groups in total. The number of nitrogens with one attached hydrogen (secondary N) is 1. The van der Waals surface area contributed by atoms with Gasteiger partial charge in [-0.15, -0.1) is 5.10 Å². The van der Waals surface area contributed by atoms with E-state index in [2.05, 4.69) is 34.6 Å². The molecule has 0 unspecified atom stereocenters. The van der Waals surface area contributed by atoms with Crippen LogP contribution in [0.2, 0.25) is 0 Å². The maximum Gasteiger partial charge on any atom is 0.299 e. The first-order chi connectivity index (χ1) is 9.35. The molecule has 0 atom stereocenters. The summed E-state index contributed by atoms with van der Waals surface area (Å²) in [7, 11) is 0. The highest BCUT2D eigenvalue weighted by atomic mass is 32.1. The Bertz CT molecular complexity index is 568. The Morgan fingerprint density at radius 2 is 2.16 bits per heavy atom. The van der Waals surface area contributed by atoms with Crippen LogP contribution in [0.5, 0.6) is 10.9 Å². The third-order valence-corrected chi connectivity index (χ3v) is 4.05. The van der Waals surface area contributed by atoms with Gasteiger partial charge in [0.1, 0.15) is 10.8 Å². The molecule has 100 valence electrons. The number of hydrogen-bond donors (Lipinski definition) is 1. The van der Waals surface area contributed by atoms with Gasteiger partial charge in [0, 0.05) is 6.54 Å². The van der Waals surface area contributed by atoms with E-state index < -0.39 is 0 Å². The molecule has 4 nitrogen and oxygen atoms in total. The third-order valence-electron chi connectivity index (χ3n) is 3.25. The van der Waals surface area contributed by atoms with Crippen molar-refractivity contribution in [3.05, 3.63) is 34.3 Å². The third kappa shape index (κ3) is 2.93. The molecule has 0 bridgehead atoms. The zero-order chi connectivity index (χ0) is 13.1. The van der Waals surface area contributed by atoms with Gasteiger partial charge in [-0.25, -0.2) is 0 Å². The SMILES string of the molecule is CCNCc1nnc(Oc2ccc3c(c2)CCC3)s1. The topological polar surface area (TPSA) is 47.0 Å². The molecular weight excluding hydrogens is 258 g/mol. The molecule has 5 heteroatoms. The Morgan fingerprint density at radius 1 is 1.26 bits per heavy atom. The highest BCUT2D eigenvalue weighted by Crippen LogP contribution is 2.30. The maximum absolute atomic E-state index is 5.78. The zero-order valence-corrected chi connectivity index (χ0v) is 11.8. The van der Waals surface area contributed by atoms with Crippen molar-refractivity contribution in [2.45, 2.75) is 32.7 Å². The van der Waals surface area contributed by atoms with Crippen LogP contribution in [-0.4, -0.2) is 16.7 Å². The van der Waals surface area contributed by atoms with E-state index in [0.717, 1.165) is 30.3 Å². The predicted molar refractivity (Wildman–Crippen MR) is 75.8 cm³/mol. The summed E-state index contributed by atoms with van der Waals surface area (Å²) >= 11 is 1.49. The van der Waals surface area contributed by atoms with E-state index in [1.54, 1.807) is 0 Å². The van der Waals surface area contributed by atoms with Crippen LogP contribution in [0.25, 0.3) is 0 Å². The quantitative estimate of drug-likeness (QED) is 0.911. The van der Waals surface area contributed by atoms with Crippen molar-refractivity contribution >= 4 is 11.3 Å². The van der Waals surface area contributed by atoms with E-state index >= 15 is 0 Å². The average Bonchev–Trinajstić information content (AvgIpc) is 3.05. The molecule has 0 saturated heterocycles. The number of nitrogens with zero attached hydrogens (tertiary/aromatic N) is 2. The van der Waals surface area contributed by atoms with Crippen molar-refractivity contribution in [1.82, 2.24) is 15.5 Å². The van der Waals surface area contributed by atoms with E-state index in [4.69, 9.17) is 4.74 Å². The second-order valence-corrected chi connectivity index (χ2v) is 5.65. The summed E-state index contributed by atoms with van der Waals surface area (Å²) in [4.78, 5) is 0. The summed E-state index contributed by atoms with van der Waals surface area (Å²) in [6.45, 7) is 3.76. The first-order valence-electron chi connectivity index (χ1n) is 6.68. The van der Waals surface area contributed by atoms with E-state index in [1.165, 1.54) is 35.3 Å². The van der Waals surface area contributed by atoms with Gasteiger partial charge >= 0.3 is 0 Å². The van der Waals surface area contributed by atoms with Crippen molar-refractivity contribution in [2.24, 2.45) is 0 Å². The number of aryl methyl sites for hydroxylation is 2. The molecule has 0 radical (unpaired) electrons. The number of benzene rings is 1. The molecule has 1 aliphatic carbocycles. The van der Waals surface area contributed by atoms with Gasteiger partial charge in [0.2, 0.25) is 0 Å². The molecular formula is C14H17N3OS. The van der Waals surface area contributed by atoms with Crippen LogP contribution in [0.4, 0.5) is 0 Å². The Labute approximate surface area is 116 Å². The Balaban J connectivity index is 1.69. The normalized spacial score (nSPS) is 13.5. The number of hydrogen-bond acceptors (Lipinski definition) is 5. The molecule has 1 heterocycles. The lowest BCUT2D eigenvalue weighted by molar-refractivity contribution is 0.472. The molecule has 19 heavy (non-hydrogen) atoms. The summed E-state index contributed by atoms with van der Waals surface area (Å²) in [6, 6.07) is 6.32. The highest BCUT2D eigenvalue weighted by molar-refractivity contribution is 7.13. The second-order valence-electron chi connectivity index (χ2n) is 4.63. The van der Waals surface area contributed by atoms with Gasteiger partial charge in [-0.2, -0.15) is 0 Å². The lowest BCUT2D eigenvalue weighted by atomic mass is 10.1. The van der Waals surface area contributed by atoms with Crippen molar-refractivity contribution in [3.63, 3.8) is 0 Å². The van der Waals surface area contributed by atoms with Crippen molar-refractivity contribution in [2.75, 3.05) is 6.54 Å². The molecule has 0 spiro atoms. The molecule has 0 amide bonds. The van der Waals surface area contributed by atoms with Crippen LogP contribution in [0.15, 0.2) is 18.2 Å².